The molecule has 0 amide bonds. The van der Waals surface area contributed by atoms with Crippen molar-refractivity contribution in [1.82, 2.24) is 9.55 Å². The van der Waals surface area contributed by atoms with E-state index >= 15 is 0 Å². The molecule has 2 aromatic carbocycles. The smallest absolute Gasteiger partial charge is 0.148 e. The molecule has 108 valence electrons. The minimum absolute atomic E-state index is 0.0200. The first-order valence-corrected chi connectivity index (χ1v) is 7.22. The number of halogens is 5. The summed E-state index contributed by atoms with van der Waals surface area (Å²) in [6, 6.07) is 5.96. The molecule has 21 heavy (non-hydrogen) atoms. The van der Waals surface area contributed by atoms with Crippen molar-refractivity contribution in [2.75, 3.05) is 0 Å². The van der Waals surface area contributed by atoms with E-state index in [4.69, 9.17) is 11.6 Å². The Morgan fingerprint density at radius 1 is 1.10 bits per heavy atom. The van der Waals surface area contributed by atoms with Gasteiger partial charge >= 0.3 is 0 Å². The molecule has 0 spiro atoms. The highest BCUT2D eigenvalue weighted by molar-refractivity contribution is 9.10. The molecule has 0 radical (unpaired) electrons. The number of benzene rings is 2. The maximum atomic E-state index is 14.2. The van der Waals surface area contributed by atoms with E-state index in [1.807, 2.05) is 0 Å². The van der Waals surface area contributed by atoms with Crippen molar-refractivity contribution in [1.29, 1.82) is 0 Å². The summed E-state index contributed by atoms with van der Waals surface area (Å²) >= 11 is 8.74. The second-order valence-electron chi connectivity index (χ2n) is 4.35. The molecule has 0 saturated carbocycles. The molecule has 0 atom stereocenters. The molecule has 0 N–H and O–H groups in total. The topological polar surface area (TPSA) is 17.8 Å². The highest BCUT2D eigenvalue weighted by Gasteiger charge is 2.17. The number of hydrogen-bond acceptors (Lipinski definition) is 1. The number of alkyl halides is 1. The highest BCUT2D eigenvalue weighted by atomic mass is 79.9. The Kier molecular flexibility index (Phi) is 3.67. The van der Waals surface area contributed by atoms with Crippen molar-refractivity contribution in [3.05, 3.63) is 58.1 Å². The Hall–Kier alpha value is -1.53. The zero-order chi connectivity index (χ0) is 15.1. The number of aromatic nitrogens is 2. The number of rotatable bonds is 2. The summed E-state index contributed by atoms with van der Waals surface area (Å²) in [5, 5.41) is 0. The predicted octanol–water partition coefficient (Wildman–Crippen LogP) is 4.94. The van der Waals surface area contributed by atoms with Crippen molar-refractivity contribution in [2.45, 2.75) is 5.88 Å². The summed E-state index contributed by atoms with van der Waals surface area (Å²) in [5.41, 5.74) is 0.751. The van der Waals surface area contributed by atoms with Gasteiger partial charge in [-0.1, -0.05) is 0 Å². The zero-order valence-corrected chi connectivity index (χ0v) is 12.7. The van der Waals surface area contributed by atoms with Gasteiger partial charge in [0.1, 0.15) is 23.3 Å². The Balaban J connectivity index is 2.36. The second-order valence-corrected chi connectivity index (χ2v) is 5.47. The summed E-state index contributed by atoms with van der Waals surface area (Å²) in [6.07, 6.45) is 0. The molecule has 0 fully saturated rings. The number of fused-ring (bicyclic) bond motifs is 1. The lowest BCUT2D eigenvalue weighted by atomic mass is 10.2. The summed E-state index contributed by atoms with van der Waals surface area (Å²) < 4.78 is 42.5. The Morgan fingerprint density at radius 3 is 2.57 bits per heavy atom. The van der Waals surface area contributed by atoms with Crippen LogP contribution in [-0.2, 0) is 5.88 Å². The fourth-order valence-corrected chi connectivity index (χ4v) is 2.64. The van der Waals surface area contributed by atoms with E-state index in [-0.39, 0.29) is 16.0 Å². The monoisotopic (exact) mass is 374 g/mol. The van der Waals surface area contributed by atoms with Crippen LogP contribution in [0.1, 0.15) is 5.82 Å². The van der Waals surface area contributed by atoms with Crippen LogP contribution in [0.15, 0.2) is 34.8 Å². The summed E-state index contributed by atoms with van der Waals surface area (Å²) in [7, 11) is 0. The van der Waals surface area contributed by atoms with E-state index in [1.54, 1.807) is 0 Å². The Morgan fingerprint density at radius 2 is 1.86 bits per heavy atom. The Labute approximate surface area is 131 Å². The molecule has 0 saturated heterocycles. The maximum absolute atomic E-state index is 14.2. The van der Waals surface area contributed by atoms with Crippen LogP contribution in [0, 0.1) is 17.5 Å². The van der Waals surface area contributed by atoms with E-state index in [0.717, 1.165) is 12.1 Å². The van der Waals surface area contributed by atoms with Crippen LogP contribution in [0.4, 0.5) is 13.2 Å². The standard InChI is InChI=1S/C14H7BrClF3N2/c15-8-4-10(19)13(5-9(8)18)21-12-2-1-7(17)3-11(12)20-14(21)6-16/h1-5H,6H2. The fraction of sp³-hybridized carbons (Fsp3) is 0.0714. The first kappa shape index (κ1) is 14.4. The average Bonchev–Trinajstić information content (AvgIpc) is 2.80. The SMILES string of the molecule is Fc1ccc2c(c1)nc(CCl)n2-c1cc(F)c(Br)cc1F. The van der Waals surface area contributed by atoms with Gasteiger partial charge in [0.15, 0.2) is 0 Å². The largest absolute Gasteiger partial charge is 0.292 e. The minimum atomic E-state index is -0.640. The summed E-state index contributed by atoms with van der Waals surface area (Å²) in [4.78, 5) is 4.15. The first-order valence-electron chi connectivity index (χ1n) is 5.89. The van der Waals surface area contributed by atoms with Gasteiger partial charge in [-0.15, -0.1) is 11.6 Å². The highest BCUT2D eigenvalue weighted by Crippen LogP contribution is 2.28. The van der Waals surface area contributed by atoms with E-state index in [1.165, 1.54) is 22.8 Å². The van der Waals surface area contributed by atoms with E-state index in [0.29, 0.717) is 16.9 Å². The normalized spacial score (nSPS) is 11.3. The molecule has 0 aliphatic rings. The van der Waals surface area contributed by atoms with Crippen molar-refractivity contribution in [3.63, 3.8) is 0 Å². The summed E-state index contributed by atoms with van der Waals surface area (Å²) in [5.74, 6) is -1.43. The van der Waals surface area contributed by atoms with Gasteiger partial charge in [0.25, 0.3) is 0 Å². The van der Waals surface area contributed by atoms with Gasteiger partial charge in [-0.2, -0.15) is 0 Å². The maximum Gasteiger partial charge on any atom is 0.148 e. The summed E-state index contributed by atoms with van der Waals surface area (Å²) in [6.45, 7) is 0. The van der Waals surface area contributed by atoms with E-state index in [9.17, 15) is 13.2 Å². The average molecular weight is 376 g/mol. The van der Waals surface area contributed by atoms with E-state index < -0.39 is 17.5 Å². The van der Waals surface area contributed by atoms with Gasteiger partial charge in [0.05, 0.1) is 27.1 Å². The van der Waals surface area contributed by atoms with Crippen molar-refractivity contribution in [3.8, 4) is 5.69 Å². The van der Waals surface area contributed by atoms with Crippen LogP contribution in [0.2, 0.25) is 0 Å². The third kappa shape index (κ3) is 2.42. The first-order chi connectivity index (χ1) is 10.0. The van der Waals surface area contributed by atoms with Gasteiger partial charge in [-0.05, 0) is 34.1 Å². The van der Waals surface area contributed by atoms with Gasteiger partial charge in [0.2, 0.25) is 0 Å². The van der Waals surface area contributed by atoms with E-state index in [2.05, 4.69) is 20.9 Å². The molecule has 2 nitrogen and oxygen atoms in total. The molecule has 0 aliphatic heterocycles. The van der Waals surface area contributed by atoms with Gasteiger partial charge in [0, 0.05) is 12.1 Å². The van der Waals surface area contributed by atoms with Gasteiger partial charge < -0.3 is 0 Å². The van der Waals surface area contributed by atoms with Crippen LogP contribution >= 0.6 is 27.5 Å². The molecule has 3 rings (SSSR count). The number of imidazole rings is 1. The molecular weight excluding hydrogens is 369 g/mol. The lowest BCUT2D eigenvalue weighted by molar-refractivity contribution is 0.587. The molecule has 0 bridgehead atoms. The molecule has 7 heteroatoms. The van der Waals surface area contributed by atoms with Gasteiger partial charge in [-0.25, -0.2) is 18.2 Å². The number of hydrogen-bond donors (Lipinski definition) is 0. The molecule has 1 aromatic heterocycles. The van der Waals surface area contributed by atoms with Crippen molar-refractivity contribution in [2.24, 2.45) is 0 Å². The number of nitrogens with zero attached hydrogens (tertiary/aromatic N) is 2. The van der Waals surface area contributed by atoms with Crippen molar-refractivity contribution >= 4 is 38.6 Å². The third-order valence-corrected chi connectivity index (χ3v) is 3.88. The van der Waals surface area contributed by atoms with Crippen LogP contribution in [0.5, 0.6) is 0 Å². The van der Waals surface area contributed by atoms with Crippen LogP contribution in [0.25, 0.3) is 16.7 Å². The van der Waals surface area contributed by atoms with Crippen LogP contribution in [0.3, 0.4) is 0 Å². The van der Waals surface area contributed by atoms with Gasteiger partial charge in [-0.3, -0.25) is 4.57 Å². The molecule has 0 unspecified atom stereocenters. The lowest BCUT2D eigenvalue weighted by Crippen LogP contribution is -2.03. The zero-order valence-electron chi connectivity index (χ0n) is 10.4. The third-order valence-electron chi connectivity index (χ3n) is 3.04. The molecule has 1 heterocycles. The Bertz CT molecular complexity index is 848. The van der Waals surface area contributed by atoms with Crippen molar-refractivity contribution < 1.29 is 13.2 Å². The quantitative estimate of drug-likeness (QED) is 0.458. The lowest BCUT2D eigenvalue weighted by Gasteiger charge is -2.10. The van der Waals surface area contributed by atoms with Crippen LogP contribution in [-0.4, -0.2) is 9.55 Å². The molecular formula is C14H7BrClF3N2. The second kappa shape index (κ2) is 5.35. The molecule has 0 aliphatic carbocycles. The van der Waals surface area contributed by atoms with Crippen LogP contribution < -0.4 is 0 Å². The fourth-order valence-electron chi connectivity index (χ4n) is 2.15. The predicted molar refractivity (Wildman–Crippen MR) is 78.2 cm³/mol. The molecule has 3 aromatic rings. The minimum Gasteiger partial charge on any atom is -0.292 e.